The number of Topliss-reactive ketones (excluding diaryl/α,β-unsaturated/α-hetero) is 1. The molecule has 4 rings (SSSR count). The zero-order valence-electron chi connectivity index (χ0n) is 15.9. The van der Waals surface area contributed by atoms with Gasteiger partial charge >= 0.3 is 0 Å². The van der Waals surface area contributed by atoms with Gasteiger partial charge in [0.2, 0.25) is 5.78 Å². The summed E-state index contributed by atoms with van der Waals surface area (Å²) in [5, 5.41) is 4.29. The van der Waals surface area contributed by atoms with Crippen LogP contribution in [0.15, 0.2) is 115 Å². The number of carbonyl (C=O) groups excluding carboxylic acids is 1. The average Bonchev–Trinajstić information content (AvgIpc) is 3.25. The molecule has 3 aromatic carbocycles. The highest BCUT2D eigenvalue weighted by molar-refractivity contribution is 7.96. The fourth-order valence-electron chi connectivity index (χ4n) is 3.87. The van der Waals surface area contributed by atoms with Crippen LogP contribution in [-0.4, -0.2) is 14.9 Å². The Morgan fingerprint density at radius 3 is 1.43 bits per heavy atom. The van der Waals surface area contributed by atoms with Crippen molar-refractivity contribution in [1.29, 1.82) is 0 Å². The third-order valence-electron chi connectivity index (χ3n) is 5.09. The smallest absolute Gasteiger partial charge is 0.253 e. The van der Waals surface area contributed by atoms with Crippen molar-refractivity contribution in [3.63, 3.8) is 0 Å². The number of rotatable bonds is 4. The molecule has 0 spiro atoms. The molecule has 3 aromatic rings. The maximum absolute atomic E-state index is 13.1. The zero-order chi connectivity index (χ0) is 21.2. The van der Waals surface area contributed by atoms with Gasteiger partial charge in [0.15, 0.2) is 0 Å². The van der Waals surface area contributed by atoms with E-state index in [9.17, 15) is 4.79 Å². The van der Waals surface area contributed by atoms with Gasteiger partial charge in [-0.25, -0.2) is 0 Å². The fourth-order valence-corrected chi connectivity index (χ4v) is 8.61. The molecule has 0 heterocycles. The molecule has 5 heteroatoms. The lowest BCUT2D eigenvalue weighted by Gasteiger charge is -2.32. The Hall–Kier alpha value is -2.02. The van der Waals surface area contributed by atoms with E-state index >= 15 is 0 Å². The molecule has 0 saturated heterocycles. The molecule has 150 valence electrons. The van der Waals surface area contributed by atoms with Gasteiger partial charge < -0.3 is 0 Å². The standard InChI is InChI=1S/C25H18Cl3OP/c26-25(27,28)24(29)22-17-10-18-23(22)30(19-11-4-1-5-12-19,20-13-6-2-7-14-20)21-15-8-3-9-16-21/h1-18H. The summed E-state index contributed by atoms with van der Waals surface area (Å²) in [6.45, 7) is -2.42. The second-order valence-corrected chi connectivity index (χ2v) is 12.5. The van der Waals surface area contributed by atoms with Crippen LogP contribution in [0.2, 0.25) is 0 Å². The van der Waals surface area contributed by atoms with E-state index in [1.807, 2.05) is 66.7 Å². The predicted octanol–water partition coefficient (Wildman–Crippen LogP) is 5.59. The number of carbonyl (C=O) groups is 1. The van der Waals surface area contributed by atoms with Crippen molar-refractivity contribution >= 4 is 68.7 Å². The third-order valence-corrected chi connectivity index (χ3v) is 9.93. The lowest BCUT2D eigenvalue weighted by atomic mass is 10.1. The maximum Gasteiger partial charge on any atom is 0.253 e. The summed E-state index contributed by atoms with van der Waals surface area (Å²) in [5.41, 5.74) is 0.444. The maximum atomic E-state index is 13.1. The van der Waals surface area contributed by atoms with Crippen LogP contribution >= 0.6 is 41.7 Å². The molecule has 1 nitrogen and oxygen atoms in total. The van der Waals surface area contributed by atoms with E-state index in [1.54, 1.807) is 6.08 Å². The van der Waals surface area contributed by atoms with Gasteiger partial charge in [-0.15, -0.1) is 0 Å². The summed E-state index contributed by atoms with van der Waals surface area (Å²) in [5.74, 6) is -0.514. The highest BCUT2D eigenvalue weighted by atomic mass is 35.6. The van der Waals surface area contributed by atoms with Crippen LogP contribution < -0.4 is 15.9 Å². The molecule has 30 heavy (non-hydrogen) atoms. The summed E-state index contributed by atoms with van der Waals surface area (Å²) in [6.07, 6.45) is 5.61. The second kappa shape index (κ2) is 8.61. The number of hydrogen-bond donors (Lipinski definition) is 0. The number of halogens is 3. The second-order valence-electron chi connectivity index (χ2n) is 6.83. The van der Waals surface area contributed by atoms with Crippen LogP contribution in [0.4, 0.5) is 0 Å². The summed E-state index contributed by atoms with van der Waals surface area (Å²) < 4.78 is -2.02. The molecule has 0 aromatic heterocycles. The van der Waals surface area contributed by atoms with E-state index < -0.39 is 16.5 Å². The molecular weight excluding hydrogens is 454 g/mol. The first-order valence-corrected chi connectivity index (χ1v) is 12.3. The largest absolute Gasteiger partial charge is 0.289 e. The molecule has 0 N–H and O–H groups in total. The van der Waals surface area contributed by atoms with Crippen LogP contribution in [-0.2, 0) is 4.79 Å². The first-order valence-electron chi connectivity index (χ1n) is 9.39. The van der Waals surface area contributed by atoms with Crippen LogP contribution in [0, 0.1) is 0 Å². The molecule has 0 fully saturated rings. The van der Waals surface area contributed by atoms with Crippen LogP contribution in [0.25, 0.3) is 0 Å². The highest BCUT2D eigenvalue weighted by Crippen LogP contribution is 2.49. The normalized spacial score (nSPS) is 14.0. The Kier molecular flexibility index (Phi) is 6.09. The summed E-state index contributed by atoms with van der Waals surface area (Å²) in [7, 11) is 0. The van der Waals surface area contributed by atoms with Crippen LogP contribution in [0.1, 0.15) is 0 Å². The Balaban J connectivity index is 2.20. The van der Waals surface area contributed by atoms with Crippen LogP contribution in [0.5, 0.6) is 0 Å². The van der Waals surface area contributed by atoms with Crippen molar-refractivity contribution in [2.45, 2.75) is 3.79 Å². The quantitative estimate of drug-likeness (QED) is 0.358. The van der Waals surface area contributed by atoms with Gasteiger partial charge in [0, 0.05) is 5.57 Å². The van der Waals surface area contributed by atoms with Gasteiger partial charge in [-0.05, 0) is 28.1 Å². The molecular formula is C25H18Cl3OP. The monoisotopic (exact) mass is 470 g/mol. The number of hydrogen-bond acceptors (Lipinski definition) is 1. The molecule has 0 unspecified atom stereocenters. The van der Waals surface area contributed by atoms with Crippen molar-refractivity contribution in [2.75, 3.05) is 0 Å². The minimum Gasteiger partial charge on any atom is -0.289 e. The lowest BCUT2D eigenvalue weighted by molar-refractivity contribution is -0.114. The molecule has 1 aliphatic rings. The fraction of sp³-hybridized carbons (Fsp3) is 0.0400. The number of ketones is 1. The lowest BCUT2D eigenvalue weighted by Crippen LogP contribution is -2.33. The third kappa shape index (κ3) is 3.72. The Morgan fingerprint density at radius 1 is 0.667 bits per heavy atom. The summed E-state index contributed by atoms with van der Waals surface area (Å²) in [4.78, 5) is 13.1. The summed E-state index contributed by atoms with van der Waals surface area (Å²) >= 11 is 18.1. The van der Waals surface area contributed by atoms with E-state index in [1.165, 1.54) is 0 Å². The van der Waals surface area contributed by atoms with Gasteiger partial charge in [-0.3, -0.25) is 4.79 Å². The number of allylic oxidation sites excluding steroid dienone is 4. The highest BCUT2D eigenvalue weighted by Gasteiger charge is 2.39. The van der Waals surface area contributed by atoms with Gasteiger partial charge in [0.1, 0.15) is 0 Å². The molecule has 0 bridgehead atoms. The Morgan fingerprint density at radius 2 is 1.07 bits per heavy atom. The van der Waals surface area contributed by atoms with Gasteiger partial charge in [-0.1, -0.05) is 144 Å². The Bertz CT molecular complexity index is 1070. The predicted molar refractivity (Wildman–Crippen MR) is 133 cm³/mol. The molecule has 0 aliphatic heterocycles. The van der Waals surface area contributed by atoms with E-state index in [0.29, 0.717) is 5.57 Å². The van der Waals surface area contributed by atoms with Gasteiger partial charge in [0.25, 0.3) is 3.79 Å². The van der Waals surface area contributed by atoms with E-state index in [0.717, 1.165) is 21.2 Å². The summed E-state index contributed by atoms with van der Waals surface area (Å²) in [6, 6.07) is 30.8. The molecule has 1 aliphatic carbocycles. The van der Waals surface area contributed by atoms with Crippen LogP contribution in [0.3, 0.4) is 0 Å². The molecule has 0 radical (unpaired) electrons. The van der Waals surface area contributed by atoms with Crippen molar-refractivity contribution in [2.24, 2.45) is 0 Å². The average molecular weight is 472 g/mol. The Labute approximate surface area is 191 Å². The van der Waals surface area contributed by atoms with Crippen molar-refractivity contribution in [3.8, 4) is 0 Å². The SMILES string of the molecule is O=C(C1=CC=CC1=P(c1ccccc1)(c1ccccc1)c1ccccc1)C(Cl)(Cl)Cl. The van der Waals surface area contributed by atoms with Crippen molar-refractivity contribution < 1.29 is 4.79 Å². The van der Waals surface area contributed by atoms with Gasteiger partial charge in [0.05, 0.1) is 0 Å². The number of benzene rings is 3. The van der Waals surface area contributed by atoms with E-state index in [2.05, 4.69) is 36.4 Å². The van der Waals surface area contributed by atoms with Crippen molar-refractivity contribution in [1.82, 2.24) is 0 Å². The first kappa shape index (κ1) is 21.2. The van der Waals surface area contributed by atoms with Crippen molar-refractivity contribution in [3.05, 3.63) is 115 Å². The minimum absolute atomic E-state index is 0.444. The van der Waals surface area contributed by atoms with Gasteiger partial charge in [-0.2, -0.15) is 0 Å². The number of alkyl halides is 3. The molecule has 0 amide bonds. The zero-order valence-corrected chi connectivity index (χ0v) is 19.0. The first-order chi connectivity index (χ1) is 14.5. The minimum atomic E-state index is -2.42. The molecule has 0 saturated carbocycles. The van der Waals surface area contributed by atoms with E-state index in [4.69, 9.17) is 34.8 Å². The topological polar surface area (TPSA) is 17.1 Å². The molecule has 0 atom stereocenters. The van der Waals surface area contributed by atoms with E-state index in [-0.39, 0.29) is 0 Å².